The summed E-state index contributed by atoms with van der Waals surface area (Å²) in [6, 6.07) is 0. The summed E-state index contributed by atoms with van der Waals surface area (Å²) in [4.78, 5) is 10.5. The topological polar surface area (TPSA) is 76.3 Å². The van der Waals surface area contributed by atoms with Crippen molar-refractivity contribution in [3.05, 3.63) is 11.8 Å². The molecule has 2 heterocycles. The summed E-state index contributed by atoms with van der Waals surface area (Å²) in [5.41, 5.74) is 3.49. The second-order valence-electron chi connectivity index (χ2n) is 4.36. The van der Waals surface area contributed by atoms with Gasteiger partial charge >= 0.3 is 0 Å². The lowest BCUT2D eigenvalue weighted by Gasteiger charge is -2.23. The number of nitrogens with one attached hydrogen (secondary N) is 1. The van der Waals surface area contributed by atoms with Gasteiger partial charge in [0, 0.05) is 32.0 Å². The highest BCUT2D eigenvalue weighted by molar-refractivity contribution is 5.48. The van der Waals surface area contributed by atoms with E-state index in [2.05, 4.69) is 20.3 Å². The van der Waals surface area contributed by atoms with Crippen LogP contribution in [0.1, 0.15) is 18.4 Å². The van der Waals surface area contributed by atoms with Gasteiger partial charge in [-0.2, -0.15) is 4.98 Å². The number of ether oxygens (including phenoxy) is 1. The van der Waals surface area contributed by atoms with E-state index in [9.17, 15) is 0 Å². The van der Waals surface area contributed by atoms with Gasteiger partial charge in [-0.25, -0.2) is 10.8 Å². The van der Waals surface area contributed by atoms with Gasteiger partial charge in [0.2, 0.25) is 5.95 Å². The highest BCUT2D eigenvalue weighted by atomic mass is 16.5. The Kier molecular flexibility index (Phi) is 3.75. The molecule has 0 amide bonds. The third kappa shape index (κ3) is 2.83. The number of likely N-dealkylation sites (N-methyl/N-ethyl adjacent to an activating group) is 1. The molecule has 0 saturated carbocycles. The van der Waals surface area contributed by atoms with Gasteiger partial charge in [-0.05, 0) is 19.8 Å². The van der Waals surface area contributed by atoms with Gasteiger partial charge in [-0.15, -0.1) is 0 Å². The first-order valence-corrected chi connectivity index (χ1v) is 5.83. The van der Waals surface area contributed by atoms with Crippen LogP contribution in [0.5, 0.6) is 0 Å². The van der Waals surface area contributed by atoms with Crippen molar-refractivity contribution in [3.8, 4) is 0 Å². The Hall–Kier alpha value is -1.40. The van der Waals surface area contributed by atoms with Crippen LogP contribution in [0.3, 0.4) is 0 Å². The molecular formula is C11H19N5O. The SMILES string of the molecule is Cc1cnc(NN)nc1N(C)CC1CCCO1. The fraction of sp³-hybridized carbons (Fsp3) is 0.636. The fourth-order valence-electron chi connectivity index (χ4n) is 2.07. The maximum atomic E-state index is 5.62. The molecule has 0 bridgehead atoms. The number of hydrogen-bond donors (Lipinski definition) is 2. The number of nitrogen functional groups attached to an aromatic ring is 1. The van der Waals surface area contributed by atoms with Gasteiger partial charge in [0.1, 0.15) is 5.82 Å². The van der Waals surface area contributed by atoms with E-state index >= 15 is 0 Å². The zero-order valence-electron chi connectivity index (χ0n) is 10.3. The van der Waals surface area contributed by atoms with Crippen molar-refractivity contribution in [1.82, 2.24) is 9.97 Å². The molecule has 1 aliphatic heterocycles. The third-order valence-corrected chi connectivity index (χ3v) is 2.94. The first-order chi connectivity index (χ1) is 8.20. The minimum Gasteiger partial charge on any atom is -0.376 e. The van der Waals surface area contributed by atoms with E-state index in [1.54, 1.807) is 6.20 Å². The average Bonchev–Trinajstić information content (AvgIpc) is 2.82. The van der Waals surface area contributed by atoms with Crippen molar-refractivity contribution in [1.29, 1.82) is 0 Å². The molecule has 1 saturated heterocycles. The number of hydrogen-bond acceptors (Lipinski definition) is 6. The quantitative estimate of drug-likeness (QED) is 0.592. The Balaban J connectivity index is 2.08. The molecule has 1 fully saturated rings. The Bertz CT molecular complexity index is 378. The second kappa shape index (κ2) is 5.29. The standard InChI is InChI=1S/C11H19N5O/c1-8-6-13-11(15-12)14-10(8)16(2)7-9-4-3-5-17-9/h6,9H,3-5,7,12H2,1-2H3,(H,13,14,15). The molecule has 0 radical (unpaired) electrons. The van der Waals surface area contributed by atoms with Gasteiger partial charge in [-0.1, -0.05) is 0 Å². The van der Waals surface area contributed by atoms with Crippen molar-refractivity contribution in [2.24, 2.45) is 5.84 Å². The van der Waals surface area contributed by atoms with Gasteiger partial charge in [0.05, 0.1) is 6.10 Å². The summed E-state index contributed by atoms with van der Waals surface area (Å²) in [7, 11) is 2.01. The number of nitrogens with zero attached hydrogens (tertiary/aromatic N) is 3. The first kappa shape index (κ1) is 12.1. The highest BCUT2D eigenvalue weighted by Gasteiger charge is 2.19. The second-order valence-corrected chi connectivity index (χ2v) is 4.36. The maximum absolute atomic E-state index is 5.62. The van der Waals surface area contributed by atoms with Crippen molar-refractivity contribution >= 4 is 11.8 Å². The summed E-state index contributed by atoms with van der Waals surface area (Å²) in [6.07, 6.45) is 4.35. The third-order valence-electron chi connectivity index (χ3n) is 2.94. The molecule has 1 aromatic heterocycles. The molecule has 6 heteroatoms. The zero-order chi connectivity index (χ0) is 12.3. The van der Waals surface area contributed by atoms with Crippen LogP contribution in [0.15, 0.2) is 6.20 Å². The zero-order valence-corrected chi connectivity index (χ0v) is 10.3. The molecule has 0 aromatic carbocycles. The molecule has 2 rings (SSSR count). The van der Waals surface area contributed by atoms with Crippen LogP contribution >= 0.6 is 0 Å². The van der Waals surface area contributed by atoms with Gasteiger partial charge in [0.15, 0.2) is 0 Å². The number of aromatic nitrogens is 2. The lowest BCUT2D eigenvalue weighted by atomic mass is 10.2. The average molecular weight is 237 g/mol. The number of hydrazine groups is 1. The summed E-state index contributed by atoms with van der Waals surface area (Å²) < 4.78 is 5.62. The summed E-state index contributed by atoms with van der Waals surface area (Å²) in [6.45, 7) is 3.71. The van der Waals surface area contributed by atoms with Crippen LogP contribution in [0.2, 0.25) is 0 Å². The minimum absolute atomic E-state index is 0.309. The Labute approximate surface area is 101 Å². The van der Waals surface area contributed by atoms with Gasteiger partial charge in [0.25, 0.3) is 0 Å². The number of anilines is 2. The number of aryl methyl sites for hydroxylation is 1. The molecule has 94 valence electrons. The van der Waals surface area contributed by atoms with E-state index in [-0.39, 0.29) is 0 Å². The van der Waals surface area contributed by atoms with Crippen molar-refractivity contribution < 1.29 is 4.74 Å². The van der Waals surface area contributed by atoms with E-state index in [4.69, 9.17) is 10.6 Å². The van der Waals surface area contributed by atoms with Gasteiger partial charge in [-0.3, -0.25) is 5.43 Å². The lowest BCUT2D eigenvalue weighted by molar-refractivity contribution is 0.116. The Morgan fingerprint density at radius 3 is 3.12 bits per heavy atom. The summed E-state index contributed by atoms with van der Waals surface area (Å²) in [5, 5.41) is 0. The number of nitrogens with two attached hydrogens (primary N) is 1. The van der Waals surface area contributed by atoms with Crippen LogP contribution in [-0.4, -0.2) is 36.3 Å². The van der Waals surface area contributed by atoms with E-state index in [1.165, 1.54) is 0 Å². The van der Waals surface area contributed by atoms with Crippen LogP contribution in [0.4, 0.5) is 11.8 Å². The van der Waals surface area contributed by atoms with E-state index in [0.717, 1.165) is 37.4 Å². The molecule has 1 unspecified atom stereocenters. The molecule has 1 aliphatic rings. The maximum Gasteiger partial charge on any atom is 0.239 e. The van der Waals surface area contributed by atoms with Crippen LogP contribution in [0.25, 0.3) is 0 Å². The van der Waals surface area contributed by atoms with E-state index in [1.807, 2.05) is 14.0 Å². The molecule has 1 atom stereocenters. The summed E-state index contributed by atoms with van der Waals surface area (Å²) in [5.74, 6) is 6.64. The van der Waals surface area contributed by atoms with Crippen molar-refractivity contribution in [2.45, 2.75) is 25.9 Å². The Morgan fingerprint density at radius 2 is 2.47 bits per heavy atom. The molecule has 6 nitrogen and oxygen atoms in total. The van der Waals surface area contributed by atoms with Crippen LogP contribution < -0.4 is 16.2 Å². The normalized spacial score (nSPS) is 19.4. The van der Waals surface area contributed by atoms with Crippen LogP contribution in [0, 0.1) is 6.92 Å². The lowest BCUT2D eigenvalue weighted by Crippen LogP contribution is -2.30. The summed E-state index contributed by atoms with van der Waals surface area (Å²) >= 11 is 0. The number of rotatable bonds is 4. The molecule has 1 aromatic rings. The van der Waals surface area contributed by atoms with E-state index < -0.39 is 0 Å². The fourth-order valence-corrected chi connectivity index (χ4v) is 2.07. The first-order valence-electron chi connectivity index (χ1n) is 5.83. The molecule has 3 N–H and O–H groups in total. The molecule has 0 aliphatic carbocycles. The largest absolute Gasteiger partial charge is 0.376 e. The van der Waals surface area contributed by atoms with Gasteiger partial charge < -0.3 is 9.64 Å². The monoisotopic (exact) mass is 237 g/mol. The van der Waals surface area contributed by atoms with Crippen molar-refractivity contribution in [3.63, 3.8) is 0 Å². The smallest absolute Gasteiger partial charge is 0.239 e. The van der Waals surface area contributed by atoms with Crippen LogP contribution in [-0.2, 0) is 4.74 Å². The highest BCUT2D eigenvalue weighted by Crippen LogP contribution is 2.19. The molecule has 17 heavy (non-hydrogen) atoms. The predicted octanol–water partition coefficient (Wildman–Crippen LogP) is 0.686. The predicted molar refractivity (Wildman–Crippen MR) is 66.8 cm³/mol. The minimum atomic E-state index is 0.309. The van der Waals surface area contributed by atoms with Crippen molar-refractivity contribution in [2.75, 3.05) is 30.5 Å². The molecular weight excluding hydrogens is 218 g/mol. The molecule has 0 spiro atoms. The Morgan fingerprint density at radius 1 is 1.65 bits per heavy atom. The van der Waals surface area contributed by atoms with E-state index in [0.29, 0.717) is 12.1 Å².